The van der Waals surface area contributed by atoms with Gasteiger partial charge in [-0.05, 0) is 35.9 Å². The summed E-state index contributed by atoms with van der Waals surface area (Å²) in [5.74, 6) is 0.263. The summed E-state index contributed by atoms with van der Waals surface area (Å²) in [4.78, 5) is 12.4. The summed E-state index contributed by atoms with van der Waals surface area (Å²) in [5, 5.41) is 7.64. The number of aromatic nitrogens is 2. The van der Waals surface area contributed by atoms with Gasteiger partial charge in [-0.2, -0.15) is 5.10 Å². The van der Waals surface area contributed by atoms with E-state index >= 15 is 0 Å². The van der Waals surface area contributed by atoms with E-state index in [1.54, 1.807) is 23.0 Å². The van der Waals surface area contributed by atoms with E-state index in [1.165, 1.54) is 24.3 Å². The van der Waals surface area contributed by atoms with E-state index in [-0.39, 0.29) is 19.3 Å². The molecule has 6 nitrogen and oxygen atoms in total. The molecule has 1 amide bonds. The number of anilines is 1. The maximum atomic E-state index is 13.8. The Balaban J connectivity index is 1.47. The molecule has 29 heavy (non-hydrogen) atoms. The van der Waals surface area contributed by atoms with Crippen LogP contribution in [-0.2, 0) is 22.7 Å². The first kappa shape index (κ1) is 19.2. The van der Waals surface area contributed by atoms with Gasteiger partial charge < -0.3 is 14.8 Å². The second kappa shape index (κ2) is 8.46. The molecule has 1 N–H and O–H groups in total. The average molecular weight is 414 g/mol. The van der Waals surface area contributed by atoms with Gasteiger partial charge in [0.25, 0.3) is 0 Å². The van der Waals surface area contributed by atoms with Crippen molar-refractivity contribution < 1.29 is 18.7 Å². The van der Waals surface area contributed by atoms with Crippen LogP contribution in [0.15, 0.2) is 54.7 Å². The minimum atomic E-state index is -0.419. The molecule has 0 atom stereocenters. The molecule has 3 aromatic rings. The van der Waals surface area contributed by atoms with E-state index in [4.69, 9.17) is 21.1 Å². The normalized spacial score (nSPS) is 13.2. The van der Waals surface area contributed by atoms with Crippen LogP contribution in [-0.4, -0.2) is 22.5 Å². The molecule has 0 unspecified atom stereocenters. The molecule has 8 heteroatoms. The zero-order valence-electron chi connectivity index (χ0n) is 15.3. The Kier molecular flexibility index (Phi) is 5.59. The number of fused-ring (bicyclic) bond motifs is 1. The third-order valence-electron chi connectivity index (χ3n) is 4.31. The molecule has 4 rings (SSSR count). The summed E-state index contributed by atoms with van der Waals surface area (Å²) in [7, 11) is 0. The summed E-state index contributed by atoms with van der Waals surface area (Å²) in [6, 6.07) is 11.8. The molecule has 0 spiro atoms. The Bertz CT molecular complexity index is 1080. The third kappa shape index (κ3) is 4.64. The van der Waals surface area contributed by atoms with Crippen molar-refractivity contribution in [3.05, 3.63) is 82.3 Å². The highest BCUT2D eigenvalue weighted by molar-refractivity contribution is 6.30. The minimum Gasteiger partial charge on any atom is -0.467 e. The predicted molar refractivity (Wildman–Crippen MR) is 107 cm³/mol. The van der Waals surface area contributed by atoms with Gasteiger partial charge >= 0.3 is 0 Å². The third-order valence-corrected chi connectivity index (χ3v) is 4.54. The van der Waals surface area contributed by atoms with Crippen LogP contribution in [0.3, 0.4) is 0 Å². The molecule has 1 aliphatic heterocycles. The molecule has 0 aliphatic carbocycles. The molecule has 0 saturated carbocycles. The zero-order chi connectivity index (χ0) is 20.2. The zero-order valence-corrected chi connectivity index (χ0v) is 16.0. The van der Waals surface area contributed by atoms with Gasteiger partial charge in [0.05, 0.1) is 19.3 Å². The molecule has 1 aliphatic rings. The van der Waals surface area contributed by atoms with Crippen LogP contribution in [0.25, 0.3) is 6.08 Å². The number of carbonyl (C=O) groups is 1. The van der Waals surface area contributed by atoms with E-state index in [0.29, 0.717) is 34.3 Å². The van der Waals surface area contributed by atoms with Crippen molar-refractivity contribution in [1.29, 1.82) is 0 Å². The summed E-state index contributed by atoms with van der Waals surface area (Å²) < 4.78 is 26.1. The fourth-order valence-electron chi connectivity index (χ4n) is 3.04. The van der Waals surface area contributed by atoms with Crippen molar-refractivity contribution in [2.45, 2.75) is 13.2 Å². The predicted octanol–water partition coefficient (Wildman–Crippen LogP) is 4.24. The Hall–Kier alpha value is -3.16. The monoisotopic (exact) mass is 413 g/mol. The number of carbonyl (C=O) groups excluding carboxylic acids is 1. The first-order valence-corrected chi connectivity index (χ1v) is 9.24. The molecule has 0 radical (unpaired) electrons. The van der Waals surface area contributed by atoms with Crippen LogP contribution in [0.1, 0.15) is 16.7 Å². The van der Waals surface area contributed by atoms with Crippen molar-refractivity contribution >= 4 is 29.4 Å². The Labute approximate surface area is 171 Å². The van der Waals surface area contributed by atoms with Crippen molar-refractivity contribution in [2.75, 3.05) is 12.1 Å². The van der Waals surface area contributed by atoms with E-state index in [9.17, 15) is 9.18 Å². The summed E-state index contributed by atoms with van der Waals surface area (Å²) >= 11 is 6.02. The van der Waals surface area contributed by atoms with Gasteiger partial charge in [-0.25, -0.2) is 9.07 Å². The lowest BCUT2D eigenvalue weighted by molar-refractivity contribution is -0.111. The van der Waals surface area contributed by atoms with Gasteiger partial charge in [0.2, 0.25) is 5.91 Å². The smallest absolute Gasteiger partial charge is 0.249 e. The van der Waals surface area contributed by atoms with Crippen LogP contribution in [0, 0.1) is 5.82 Å². The highest BCUT2D eigenvalue weighted by Crippen LogP contribution is 2.30. The lowest BCUT2D eigenvalue weighted by Crippen LogP contribution is -2.14. The largest absolute Gasteiger partial charge is 0.467 e. The highest BCUT2D eigenvalue weighted by atomic mass is 35.5. The van der Waals surface area contributed by atoms with E-state index in [0.717, 1.165) is 5.56 Å². The molecule has 0 bridgehead atoms. The van der Waals surface area contributed by atoms with E-state index < -0.39 is 5.82 Å². The number of rotatable bonds is 5. The maximum absolute atomic E-state index is 13.8. The van der Waals surface area contributed by atoms with Crippen molar-refractivity contribution in [3.8, 4) is 5.75 Å². The van der Waals surface area contributed by atoms with Gasteiger partial charge in [-0.1, -0.05) is 23.7 Å². The lowest BCUT2D eigenvalue weighted by atomic mass is 10.1. The Morgan fingerprint density at radius 3 is 3.07 bits per heavy atom. The second-order valence-electron chi connectivity index (χ2n) is 6.42. The van der Waals surface area contributed by atoms with E-state index in [1.807, 2.05) is 18.2 Å². The Morgan fingerprint density at radius 2 is 2.21 bits per heavy atom. The molecule has 148 valence electrons. The molecule has 2 aromatic carbocycles. The number of hydrogen-bond acceptors (Lipinski definition) is 4. The standard InChI is InChI=1S/C21H17ClFN3O3/c22-17-3-1-2-14(8-17)11-26-19(6-7-24-26)25-20(27)5-4-15-9-18(23)10-16-12-28-13-29-21(15)16/h1-10H,11-13H2,(H,25,27)/b5-4+. The molecule has 1 aromatic heterocycles. The maximum Gasteiger partial charge on any atom is 0.249 e. The lowest BCUT2D eigenvalue weighted by Gasteiger charge is -2.19. The molecular formula is C21H17ClFN3O3. The average Bonchev–Trinajstić information content (AvgIpc) is 3.12. The van der Waals surface area contributed by atoms with Gasteiger partial charge in [0.1, 0.15) is 17.4 Å². The number of ether oxygens (including phenoxy) is 2. The van der Waals surface area contributed by atoms with Crippen molar-refractivity contribution in [1.82, 2.24) is 9.78 Å². The van der Waals surface area contributed by atoms with Gasteiger partial charge in [0, 0.05) is 28.3 Å². The topological polar surface area (TPSA) is 65.4 Å². The van der Waals surface area contributed by atoms with Crippen LogP contribution < -0.4 is 10.1 Å². The van der Waals surface area contributed by atoms with Crippen molar-refractivity contribution in [2.24, 2.45) is 0 Å². The first-order valence-electron chi connectivity index (χ1n) is 8.87. The minimum absolute atomic E-state index is 0.0916. The number of amides is 1. The fraction of sp³-hybridized carbons (Fsp3) is 0.143. The number of hydrogen-bond donors (Lipinski definition) is 1. The molecular weight excluding hydrogens is 397 g/mol. The number of halogens is 2. The van der Waals surface area contributed by atoms with Crippen LogP contribution in [0.2, 0.25) is 5.02 Å². The van der Waals surface area contributed by atoms with E-state index in [2.05, 4.69) is 10.4 Å². The van der Waals surface area contributed by atoms with Crippen LogP contribution in [0.4, 0.5) is 10.2 Å². The van der Waals surface area contributed by atoms with Crippen LogP contribution in [0.5, 0.6) is 5.75 Å². The summed E-state index contributed by atoms with van der Waals surface area (Å²) in [6.45, 7) is 0.815. The first-order chi connectivity index (χ1) is 14.1. The number of nitrogens with one attached hydrogen (secondary N) is 1. The SMILES string of the molecule is O=C(/C=C/c1cc(F)cc2c1OCOC2)Nc1ccnn1Cc1cccc(Cl)c1. The highest BCUT2D eigenvalue weighted by Gasteiger charge is 2.16. The second-order valence-corrected chi connectivity index (χ2v) is 6.86. The van der Waals surface area contributed by atoms with Gasteiger partial charge in [-0.15, -0.1) is 0 Å². The number of nitrogens with zero attached hydrogens (tertiary/aromatic N) is 2. The van der Waals surface area contributed by atoms with Crippen molar-refractivity contribution in [3.63, 3.8) is 0 Å². The van der Waals surface area contributed by atoms with Gasteiger partial charge in [-0.3, -0.25) is 4.79 Å². The molecule has 0 fully saturated rings. The van der Waals surface area contributed by atoms with Crippen LogP contribution >= 0.6 is 11.6 Å². The Morgan fingerprint density at radius 1 is 1.31 bits per heavy atom. The summed E-state index contributed by atoms with van der Waals surface area (Å²) in [5.41, 5.74) is 2.04. The number of benzene rings is 2. The molecule has 2 heterocycles. The van der Waals surface area contributed by atoms with Gasteiger partial charge in [0.15, 0.2) is 6.79 Å². The fourth-order valence-corrected chi connectivity index (χ4v) is 3.25. The summed E-state index contributed by atoms with van der Waals surface area (Å²) in [6.07, 6.45) is 4.44. The quantitative estimate of drug-likeness (QED) is 0.635. The molecule has 0 saturated heterocycles.